The second-order valence-corrected chi connectivity index (χ2v) is 5.04. The molecule has 1 heterocycles. The van der Waals surface area contributed by atoms with Gasteiger partial charge in [-0.1, -0.05) is 11.6 Å². The highest BCUT2D eigenvalue weighted by atomic mass is 35.5. The monoisotopic (exact) mass is 288 g/mol. The Morgan fingerprint density at radius 2 is 2.10 bits per heavy atom. The van der Waals surface area contributed by atoms with E-state index in [0.717, 1.165) is 17.7 Å². The van der Waals surface area contributed by atoms with E-state index >= 15 is 0 Å². The van der Waals surface area contributed by atoms with Gasteiger partial charge in [0, 0.05) is 17.0 Å². The molecule has 2 aromatic carbocycles. The number of hydrogen-bond donors (Lipinski definition) is 2. The summed E-state index contributed by atoms with van der Waals surface area (Å²) in [5, 5.41) is 3.32. The lowest BCUT2D eigenvalue weighted by Gasteiger charge is -2.09. The number of nitrogen functional groups attached to an aromatic ring is 1. The summed E-state index contributed by atoms with van der Waals surface area (Å²) < 4.78 is 5.42. The van der Waals surface area contributed by atoms with Gasteiger partial charge in [-0.15, -0.1) is 0 Å². The van der Waals surface area contributed by atoms with Crippen LogP contribution in [-0.2, 0) is 6.42 Å². The molecule has 0 unspecified atom stereocenters. The molecule has 2 aromatic rings. The van der Waals surface area contributed by atoms with Crippen LogP contribution in [-0.4, -0.2) is 12.5 Å². The lowest BCUT2D eigenvalue weighted by Crippen LogP contribution is -2.13. The average molecular weight is 289 g/mol. The molecule has 3 N–H and O–H groups in total. The Balaban J connectivity index is 1.82. The Morgan fingerprint density at radius 3 is 2.90 bits per heavy atom. The molecule has 4 nitrogen and oxygen atoms in total. The van der Waals surface area contributed by atoms with E-state index in [4.69, 9.17) is 22.1 Å². The molecule has 0 aliphatic carbocycles. The SMILES string of the molecule is Nc1cc(Cl)ccc1NC(=O)c1ccc2c(c1)CCO2. The van der Waals surface area contributed by atoms with Gasteiger partial charge in [0.1, 0.15) is 5.75 Å². The van der Waals surface area contributed by atoms with E-state index < -0.39 is 0 Å². The number of carbonyl (C=O) groups excluding carboxylic acids is 1. The molecule has 0 spiro atoms. The van der Waals surface area contributed by atoms with Crippen molar-refractivity contribution in [2.75, 3.05) is 17.7 Å². The zero-order valence-corrected chi connectivity index (χ0v) is 11.4. The second kappa shape index (κ2) is 5.06. The van der Waals surface area contributed by atoms with Gasteiger partial charge in [-0.2, -0.15) is 0 Å². The van der Waals surface area contributed by atoms with E-state index in [-0.39, 0.29) is 5.91 Å². The highest BCUT2D eigenvalue weighted by Gasteiger charge is 2.15. The van der Waals surface area contributed by atoms with Crippen molar-refractivity contribution < 1.29 is 9.53 Å². The largest absolute Gasteiger partial charge is 0.493 e. The van der Waals surface area contributed by atoms with Crippen molar-refractivity contribution in [2.45, 2.75) is 6.42 Å². The topological polar surface area (TPSA) is 64.3 Å². The second-order valence-electron chi connectivity index (χ2n) is 4.61. The van der Waals surface area contributed by atoms with Crippen LogP contribution in [0.2, 0.25) is 5.02 Å². The summed E-state index contributed by atoms with van der Waals surface area (Å²) in [6.45, 7) is 0.671. The number of halogens is 1. The fraction of sp³-hybridized carbons (Fsp3) is 0.133. The van der Waals surface area contributed by atoms with Crippen LogP contribution in [0, 0.1) is 0 Å². The Kier molecular flexibility index (Phi) is 3.24. The number of fused-ring (bicyclic) bond motifs is 1. The zero-order chi connectivity index (χ0) is 14.1. The fourth-order valence-electron chi connectivity index (χ4n) is 2.17. The lowest BCUT2D eigenvalue weighted by molar-refractivity contribution is 0.102. The number of ether oxygens (including phenoxy) is 1. The lowest BCUT2D eigenvalue weighted by atomic mass is 10.1. The maximum absolute atomic E-state index is 12.2. The van der Waals surface area contributed by atoms with Crippen LogP contribution in [0.4, 0.5) is 11.4 Å². The molecular weight excluding hydrogens is 276 g/mol. The van der Waals surface area contributed by atoms with Gasteiger partial charge in [0.05, 0.1) is 18.0 Å². The van der Waals surface area contributed by atoms with E-state index in [9.17, 15) is 4.79 Å². The Morgan fingerprint density at radius 1 is 1.25 bits per heavy atom. The van der Waals surface area contributed by atoms with Crippen LogP contribution >= 0.6 is 11.6 Å². The van der Waals surface area contributed by atoms with Gasteiger partial charge in [0.2, 0.25) is 0 Å². The molecule has 3 rings (SSSR count). The molecule has 5 heteroatoms. The molecule has 1 amide bonds. The number of hydrogen-bond acceptors (Lipinski definition) is 3. The normalized spacial score (nSPS) is 12.7. The number of amides is 1. The van der Waals surface area contributed by atoms with Gasteiger partial charge in [-0.05, 0) is 42.0 Å². The molecule has 0 radical (unpaired) electrons. The van der Waals surface area contributed by atoms with Crippen LogP contribution in [0.25, 0.3) is 0 Å². The zero-order valence-electron chi connectivity index (χ0n) is 10.7. The highest BCUT2D eigenvalue weighted by Crippen LogP contribution is 2.27. The number of rotatable bonds is 2. The van der Waals surface area contributed by atoms with Crippen molar-refractivity contribution in [3.05, 3.63) is 52.5 Å². The molecule has 102 valence electrons. The van der Waals surface area contributed by atoms with Crippen molar-refractivity contribution in [3.63, 3.8) is 0 Å². The van der Waals surface area contributed by atoms with E-state index in [0.29, 0.717) is 28.6 Å². The van der Waals surface area contributed by atoms with Crippen LogP contribution in [0.5, 0.6) is 5.75 Å². The minimum atomic E-state index is -0.200. The number of benzene rings is 2. The number of carbonyl (C=O) groups is 1. The highest BCUT2D eigenvalue weighted by molar-refractivity contribution is 6.31. The first-order valence-corrected chi connectivity index (χ1v) is 6.63. The van der Waals surface area contributed by atoms with E-state index in [1.807, 2.05) is 12.1 Å². The number of nitrogens with two attached hydrogens (primary N) is 1. The standard InChI is InChI=1S/C15H13ClN2O2/c16-11-2-3-13(12(17)8-11)18-15(19)10-1-4-14-9(7-10)5-6-20-14/h1-4,7-8H,5-6,17H2,(H,18,19). The van der Waals surface area contributed by atoms with Gasteiger partial charge in [0.25, 0.3) is 5.91 Å². The van der Waals surface area contributed by atoms with Crippen LogP contribution in [0.15, 0.2) is 36.4 Å². The summed E-state index contributed by atoms with van der Waals surface area (Å²) in [6.07, 6.45) is 0.833. The Bertz CT molecular complexity index is 686. The molecule has 1 aliphatic rings. The molecular formula is C15H13ClN2O2. The molecule has 0 saturated carbocycles. The third-order valence-corrected chi connectivity index (χ3v) is 3.45. The van der Waals surface area contributed by atoms with Gasteiger partial charge >= 0.3 is 0 Å². The van der Waals surface area contributed by atoms with E-state index in [1.54, 1.807) is 24.3 Å². The summed E-state index contributed by atoms with van der Waals surface area (Å²) in [5.74, 6) is 0.654. The molecule has 0 fully saturated rings. The molecule has 0 atom stereocenters. The molecule has 0 saturated heterocycles. The molecule has 0 aromatic heterocycles. The maximum Gasteiger partial charge on any atom is 0.255 e. The summed E-state index contributed by atoms with van der Waals surface area (Å²) in [4.78, 5) is 12.2. The average Bonchev–Trinajstić information content (AvgIpc) is 2.89. The number of nitrogens with one attached hydrogen (secondary N) is 1. The van der Waals surface area contributed by atoms with Gasteiger partial charge in [0.15, 0.2) is 0 Å². The van der Waals surface area contributed by atoms with Crippen LogP contribution in [0.3, 0.4) is 0 Å². The fourth-order valence-corrected chi connectivity index (χ4v) is 2.35. The van der Waals surface area contributed by atoms with Crippen molar-refractivity contribution in [1.29, 1.82) is 0 Å². The van der Waals surface area contributed by atoms with Crippen molar-refractivity contribution >= 4 is 28.9 Å². The van der Waals surface area contributed by atoms with Crippen LogP contribution < -0.4 is 15.8 Å². The summed E-state index contributed by atoms with van der Waals surface area (Å²) in [5.41, 5.74) is 8.45. The summed E-state index contributed by atoms with van der Waals surface area (Å²) in [6, 6.07) is 10.4. The van der Waals surface area contributed by atoms with Crippen molar-refractivity contribution in [2.24, 2.45) is 0 Å². The first kappa shape index (κ1) is 12.8. The van der Waals surface area contributed by atoms with Crippen molar-refractivity contribution in [3.8, 4) is 5.75 Å². The first-order valence-electron chi connectivity index (χ1n) is 6.25. The third kappa shape index (κ3) is 2.42. The quantitative estimate of drug-likeness (QED) is 0.835. The predicted molar refractivity (Wildman–Crippen MR) is 79.5 cm³/mol. The minimum Gasteiger partial charge on any atom is -0.493 e. The first-order chi connectivity index (χ1) is 9.63. The van der Waals surface area contributed by atoms with Gasteiger partial charge < -0.3 is 15.8 Å². The minimum absolute atomic E-state index is 0.200. The molecule has 0 bridgehead atoms. The smallest absolute Gasteiger partial charge is 0.255 e. The van der Waals surface area contributed by atoms with Crippen molar-refractivity contribution in [1.82, 2.24) is 0 Å². The summed E-state index contributed by atoms with van der Waals surface area (Å²) >= 11 is 5.83. The van der Waals surface area contributed by atoms with E-state index in [1.165, 1.54) is 0 Å². The van der Waals surface area contributed by atoms with Gasteiger partial charge in [-0.3, -0.25) is 4.79 Å². The maximum atomic E-state index is 12.2. The predicted octanol–water partition coefficient (Wildman–Crippen LogP) is 3.11. The molecule has 20 heavy (non-hydrogen) atoms. The number of anilines is 2. The third-order valence-electron chi connectivity index (χ3n) is 3.21. The Labute approximate surface area is 121 Å². The van der Waals surface area contributed by atoms with Crippen LogP contribution in [0.1, 0.15) is 15.9 Å². The summed E-state index contributed by atoms with van der Waals surface area (Å²) in [7, 11) is 0. The Hall–Kier alpha value is -2.20. The van der Waals surface area contributed by atoms with Gasteiger partial charge in [-0.25, -0.2) is 0 Å². The van der Waals surface area contributed by atoms with E-state index in [2.05, 4.69) is 5.32 Å². The molecule has 1 aliphatic heterocycles.